The van der Waals surface area contributed by atoms with Gasteiger partial charge in [0.1, 0.15) is 17.3 Å². The van der Waals surface area contributed by atoms with E-state index in [1.54, 1.807) is 24.4 Å². The average molecular weight is 626 g/mol. The third-order valence-electron chi connectivity index (χ3n) is 5.94. The van der Waals surface area contributed by atoms with Crippen LogP contribution >= 0.6 is 11.6 Å². The van der Waals surface area contributed by atoms with E-state index >= 15 is 0 Å². The van der Waals surface area contributed by atoms with E-state index < -0.39 is 11.7 Å². The summed E-state index contributed by atoms with van der Waals surface area (Å²) in [5.41, 5.74) is 13.2. The molecule has 0 radical (unpaired) electrons. The summed E-state index contributed by atoms with van der Waals surface area (Å²) in [4.78, 5) is 31.3. The number of amides is 2. The maximum atomic E-state index is 14.8. The van der Waals surface area contributed by atoms with Gasteiger partial charge in [0.2, 0.25) is 5.91 Å². The van der Waals surface area contributed by atoms with Gasteiger partial charge in [-0.1, -0.05) is 70.0 Å². The number of allylic oxidation sites excluding steroid dienone is 2. The number of rotatable bonds is 10. The van der Waals surface area contributed by atoms with Crippen molar-refractivity contribution in [2.75, 3.05) is 26.0 Å². The van der Waals surface area contributed by atoms with E-state index in [1.807, 2.05) is 13.8 Å². The number of benzene rings is 1. The van der Waals surface area contributed by atoms with Gasteiger partial charge in [-0.25, -0.2) is 14.4 Å². The molecule has 2 aromatic rings. The van der Waals surface area contributed by atoms with Crippen LogP contribution in [0.4, 0.5) is 10.2 Å². The Morgan fingerprint density at radius 3 is 2.27 bits per heavy atom. The predicted molar refractivity (Wildman–Crippen MR) is 180 cm³/mol. The molecule has 5 N–H and O–H groups in total. The quantitative estimate of drug-likeness (QED) is 0.203. The molecular formula is C34H45ClFN5O3. The summed E-state index contributed by atoms with van der Waals surface area (Å²) in [6, 6.07) is 4.32. The number of hydrogen-bond donors (Lipinski definition) is 3. The van der Waals surface area contributed by atoms with E-state index in [0.717, 1.165) is 18.5 Å². The summed E-state index contributed by atoms with van der Waals surface area (Å²) in [7, 11) is 1.53. The largest absolute Gasteiger partial charge is 0.384 e. The second-order valence-corrected chi connectivity index (χ2v) is 9.31. The standard InChI is InChI=1S/C24H26ClFN4O.C4H9NO2.C2H6.2C2H2/c1-3-16(11-15(2)25)13-29-24(31)19-10-9-18(12-20(19)26)22-23(27)28-14-21(30-22)17-7-5-4-6-8-17;1-7-3-2-4(5)6;3*1-2/h3,9-12,14,17H,1-2,4-8,13H2,(H2,27,28)(H,29,31);2-3H2,1H3,(H2,5,6);1-2H3;2*1-2H/b16-11+;;;;. The minimum Gasteiger partial charge on any atom is -0.384 e. The van der Waals surface area contributed by atoms with Crippen LogP contribution in [-0.2, 0) is 9.53 Å². The molecular weight excluding hydrogens is 581 g/mol. The van der Waals surface area contributed by atoms with Gasteiger partial charge in [-0.05, 0) is 36.6 Å². The topological polar surface area (TPSA) is 133 Å². The molecule has 0 saturated heterocycles. The van der Waals surface area contributed by atoms with E-state index in [0.29, 0.717) is 40.8 Å². The summed E-state index contributed by atoms with van der Waals surface area (Å²) in [6.45, 7) is 11.8. The number of halogens is 2. The SMILES string of the molecule is C#C.C#C.C=C/C(=C\C(=C)Cl)CNC(=O)c1ccc(-c2nc(C3CCCCC3)cnc2N)cc1F.CC.COCCC(N)=O. The molecule has 0 spiro atoms. The minimum atomic E-state index is -0.662. The number of nitrogens with one attached hydrogen (secondary N) is 1. The molecule has 3 rings (SSSR count). The molecule has 0 atom stereocenters. The van der Waals surface area contributed by atoms with Crippen molar-refractivity contribution in [2.24, 2.45) is 5.73 Å². The Kier molecular flexibility index (Phi) is 23.8. The average Bonchev–Trinajstić information content (AvgIpc) is 3.05. The Morgan fingerprint density at radius 2 is 1.80 bits per heavy atom. The van der Waals surface area contributed by atoms with Crippen molar-refractivity contribution in [3.8, 4) is 37.0 Å². The lowest BCUT2D eigenvalue weighted by molar-refractivity contribution is -0.118. The number of nitrogens with zero attached hydrogens (tertiary/aromatic N) is 2. The molecule has 1 aromatic heterocycles. The fourth-order valence-electron chi connectivity index (χ4n) is 3.93. The van der Waals surface area contributed by atoms with Crippen molar-refractivity contribution in [3.05, 3.63) is 77.4 Å². The van der Waals surface area contributed by atoms with Crippen molar-refractivity contribution < 1.29 is 18.7 Å². The molecule has 1 aliphatic carbocycles. The van der Waals surface area contributed by atoms with E-state index in [2.05, 4.69) is 58.9 Å². The first kappa shape index (κ1) is 41.7. The molecule has 2 amide bonds. The highest BCUT2D eigenvalue weighted by Crippen LogP contribution is 2.33. The zero-order valence-corrected chi connectivity index (χ0v) is 26.7. The Labute approximate surface area is 267 Å². The van der Waals surface area contributed by atoms with Crippen molar-refractivity contribution >= 4 is 29.2 Å². The van der Waals surface area contributed by atoms with Crippen LogP contribution in [-0.4, -0.2) is 42.0 Å². The highest BCUT2D eigenvalue weighted by Gasteiger charge is 2.20. The van der Waals surface area contributed by atoms with Crippen molar-refractivity contribution in [1.29, 1.82) is 0 Å². The first-order chi connectivity index (χ1) is 21.2. The fraction of sp³-hybridized carbons (Fsp3) is 0.353. The van der Waals surface area contributed by atoms with E-state index in [-0.39, 0.29) is 23.8 Å². The lowest BCUT2D eigenvalue weighted by Gasteiger charge is -2.21. The predicted octanol–water partition coefficient (Wildman–Crippen LogP) is 6.54. The highest BCUT2D eigenvalue weighted by atomic mass is 35.5. The Hall–Kier alpha value is -4.44. The molecule has 0 unspecified atom stereocenters. The van der Waals surface area contributed by atoms with E-state index in [9.17, 15) is 14.0 Å². The van der Waals surface area contributed by atoms with Crippen molar-refractivity contribution in [2.45, 2.75) is 58.3 Å². The third-order valence-corrected chi connectivity index (χ3v) is 6.05. The number of aromatic nitrogens is 2. The third kappa shape index (κ3) is 15.7. The lowest BCUT2D eigenvalue weighted by Crippen LogP contribution is -2.26. The maximum Gasteiger partial charge on any atom is 0.254 e. The number of nitrogens with two attached hydrogens (primary N) is 2. The molecule has 8 nitrogen and oxygen atoms in total. The summed E-state index contributed by atoms with van der Waals surface area (Å²) >= 11 is 5.75. The molecule has 0 bridgehead atoms. The van der Waals surface area contributed by atoms with Gasteiger partial charge in [0.05, 0.1) is 24.1 Å². The van der Waals surface area contributed by atoms with Crippen LogP contribution in [0.1, 0.15) is 74.3 Å². The molecule has 1 aromatic carbocycles. The lowest BCUT2D eigenvalue weighted by atomic mass is 9.87. The van der Waals surface area contributed by atoms with Crippen molar-refractivity contribution in [3.63, 3.8) is 0 Å². The van der Waals surface area contributed by atoms with E-state index in [4.69, 9.17) is 23.1 Å². The molecule has 0 aliphatic heterocycles. The number of carbonyl (C=O) groups is 2. The summed E-state index contributed by atoms with van der Waals surface area (Å²) in [6.07, 6.45) is 26.9. The van der Waals surface area contributed by atoms with Gasteiger partial charge in [-0.2, -0.15) is 0 Å². The minimum absolute atomic E-state index is 0.0770. The highest BCUT2D eigenvalue weighted by molar-refractivity contribution is 6.30. The van der Waals surface area contributed by atoms with Gasteiger partial charge in [0.15, 0.2) is 0 Å². The number of carbonyl (C=O) groups excluding carboxylic acids is 2. The fourth-order valence-corrected chi connectivity index (χ4v) is 4.07. The molecule has 10 heteroatoms. The van der Waals surface area contributed by atoms with E-state index in [1.165, 1.54) is 38.5 Å². The second-order valence-electron chi connectivity index (χ2n) is 8.82. The normalized spacial score (nSPS) is 12.1. The van der Waals surface area contributed by atoms with Crippen molar-refractivity contribution in [1.82, 2.24) is 15.3 Å². The van der Waals surface area contributed by atoms with Crippen LogP contribution in [0.25, 0.3) is 11.3 Å². The van der Waals surface area contributed by atoms with Gasteiger partial charge >= 0.3 is 0 Å². The molecule has 1 fully saturated rings. The Balaban J connectivity index is 0. The zero-order valence-electron chi connectivity index (χ0n) is 26.0. The van der Waals surface area contributed by atoms with Crippen LogP contribution in [0.2, 0.25) is 0 Å². The number of terminal acetylenes is 2. The van der Waals surface area contributed by atoms with Gasteiger partial charge < -0.3 is 21.5 Å². The van der Waals surface area contributed by atoms with Gasteiger partial charge in [-0.15, -0.1) is 25.7 Å². The molecule has 1 aliphatic rings. The van der Waals surface area contributed by atoms with Crippen LogP contribution < -0.4 is 16.8 Å². The van der Waals surface area contributed by atoms with Crippen LogP contribution in [0.3, 0.4) is 0 Å². The Morgan fingerprint density at radius 1 is 1.18 bits per heavy atom. The van der Waals surface area contributed by atoms with Crippen LogP contribution in [0.5, 0.6) is 0 Å². The van der Waals surface area contributed by atoms with Crippen LogP contribution in [0.15, 0.2) is 60.3 Å². The summed E-state index contributed by atoms with van der Waals surface area (Å²) in [5, 5.41) is 2.96. The summed E-state index contributed by atoms with van der Waals surface area (Å²) in [5.74, 6) is -0.941. The number of primary amides is 1. The number of nitrogen functional groups attached to an aromatic ring is 1. The first-order valence-corrected chi connectivity index (χ1v) is 14.4. The molecule has 1 saturated carbocycles. The number of hydrogen-bond acceptors (Lipinski definition) is 6. The molecule has 44 heavy (non-hydrogen) atoms. The monoisotopic (exact) mass is 625 g/mol. The Bertz CT molecular complexity index is 1260. The second kappa shape index (κ2) is 25.1. The van der Waals surface area contributed by atoms with Gasteiger partial charge in [-0.3, -0.25) is 9.59 Å². The van der Waals surface area contributed by atoms with Gasteiger partial charge in [0, 0.05) is 36.6 Å². The van der Waals surface area contributed by atoms with Gasteiger partial charge in [0.25, 0.3) is 5.91 Å². The smallest absolute Gasteiger partial charge is 0.254 e. The summed E-state index contributed by atoms with van der Waals surface area (Å²) < 4.78 is 19.3. The number of anilines is 1. The molecule has 238 valence electrons. The zero-order chi connectivity index (χ0) is 34.1. The maximum absolute atomic E-state index is 14.8. The molecule has 1 heterocycles. The first-order valence-electron chi connectivity index (χ1n) is 14.0. The number of methoxy groups -OCH3 is 1. The number of ether oxygens (including phenoxy) is 1. The van der Waals surface area contributed by atoms with Crippen LogP contribution in [0, 0.1) is 31.5 Å².